The van der Waals surface area contributed by atoms with Crippen LogP contribution in [0, 0.1) is 0 Å². The van der Waals surface area contributed by atoms with Crippen LogP contribution in [0.25, 0.3) is 0 Å². The number of carboxylic acids is 1. The first kappa shape index (κ1) is 12.3. The third-order valence-electron chi connectivity index (χ3n) is 3.02. The molecule has 1 amide bonds. The van der Waals surface area contributed by atoms with Crippen LogP contribution >= 0.6 is 22.7 Å². The van der Waals surface area contributed by atoms with Gasteiger partial charge in [-0.25, -0.2) is 4.79 Å². The number of thiazole rings is 1. The number of hydrogen-bond acceptors (Lipinski definition) is 5. The average molecular weight is 294 g/mol. The van der Waals surface area contributed by atoms with E-state index < -0.39 is 5.97 Å². The SMILES string of the molecule is O=C(Nc1sc2c(c1C(=O)O)CCC2)c1cncs1. The zero-order chi connectivity index (χ0) is 13.4. The highest BCUT2D eigenvalue weighted by Crippen LogP contribution is 2.39. The van der Waals surface area contributed by atoms with Crippen LogP contribution in [0.3, 0.4) is 0 Å². The third kappa shape index (κ3) is 2.15. The lowest BCUT2D eigenvalue weighted by Crippen LogP contribution is -2.12. The van der Waals surface area contributed by atoms with Crippen molar-refractivity contribution in [3.63, 3.8) is 0 Å². The molecule has 1 aliphatic rings. The molecular formula is C12H10N2O3S2. The van der Waals surface area contributed by atoms with Crippen molar-refractivity contribution in [3.05, 3.63) is 32.6 Å². The Hall–Kier alpha value is -1.73. The number of carbonyl (C=O) groups is 2. The van der Waals surface area contributed by atoms with E-state index in [2.05, 4.69) is 10.3 Å². The van der Waals surface area contributed by atoms with Crippen molar-refractivity contribution in [2.45, 2.75) is 19.3 Å². The Balaban J connectivity index is 1.93. The molecule has 98 valence electrons. The van der Waals surface area contributed by atoms with Crippen LogP contribution < -0.4 is 5.32 Å². The van der Waals surface area contributed by atoms with Gasteiger partial charge in [-0.3, -0.25) is 9.78 Å². The molecule has 0 saturated carbocycles. The van der Waals surface area contributed by atoms with Gasteiger partial charge in [0.15, 0.2) is 0 Å². The predicted octanol–water partition coefficient (Wildman–Crippen LogP) is 2.64. The average Bonchev–Trinajstić information content (AvgIpc) is 3.03. The minimum absolute atomic E-state index is 0.260. The number of aryl methyl sites for hydroxylation is 1. The molecule has 0 unspecified atom stereocenters. The zero-order valence-electron chi connectivity index (χ0n) is 9.80. The lowest BCUT2D eigenvalue weighted by molar-refractivity contribution is 0.0697. The molecule has 0 aliphatic heterocycles. The van der Waals surface area contributed by atoms with Gasteiger partial charge in [0.25, 0.3) is 5.91 Å². The number of hydrogen-bond donors (Lipinski definition) is 2. The van der Waals surface area contributed by atoms with Crippen LogP contribution in [0.5, 0.6) is 0 Å². The first-order valence-electron chi connectivity index (χ1n) is 5.74. The van der Waals surface area contributed by atoms with Crippen LogP contribution in [0.4, 0.5) is 5.00 Å². The summed E-state index contributed by atoms with van der Waals surface area (Å²) < 4.78 is 0. The molecule has 0 aromatic carbocycles. The van der Waals surface area contributed by atoms with Gasteiger partial charge in [-0.15, -0.1) is 22.7 Å². The summed E-state index contributed by atoms with van der Waals surface area (Å²) in [5.74, 6) is -1.27. The van der Waals surface area contributed by atoms with E-state index in [1.807, 2.05) is 0 Å². The summed E-state index contributed by atoms with van der Waals surface area (Å²) in [5.41, 5.74) is 2.72. The topological polar surface area (TPSA) is 79.3 Å². The molecule has 2 heterocycles. The molecule has 1 aliphatic carbocycles. The summed E-state index contributed by atoms with van der Waals surface area (Å²) in [4.78, 5) is 28.7. The summed E-state index contributed by atoms with van der Waals surface area (Å²) in [6.07, 6.45) is 4.15. The largest absolute Gasteiger partial charge is 0.478 e. The van der Waals surface area contributed by atoms with Crippen LogP contribution in [0.2, 0.25) is 0 Å². The molecule has 19 heavy (non-hydrogen) atoms. The molecule has 5 nitrogen and oxygen atoms in total. The van der Waals surface area contributed by atoms with Crippen molar-refractivity contribution in [2.24, 2.45) is 0 Å². The summed E-state index contributed by atoms with van der Waals surface area (Å²) >= 11 is 2.60. The van der Waals surface area contributed by atoms with Gasteiger partial charge in [0.05, 0.1) is 17.3 Å². The lowest BCUT2D eigenvalue weighted by Gasteiger charge is -2.03. The molecule has 0 bridgehead atoms. The van der Waals surface area contributed by atoms with Crippen molar-refractivity contribution in [2.75, 3.05) is 5.32 Å². The first-order chi connectivity index (χ1) is 9.16. The number of nitrogens with zero attached hydrogens (tertiary/aromatic N) is 1. The van der Waals surface area contributed by atoms with E-state index in [4.69, 9.17) is 0 Å². The van der Waals surface area contributed by atoms with Crippen LogP contribution in [-0.2, 0) is 12.8 Å². The van der Waals surface area contributed by atoms with Crippen LogP contribution in [0.15, 0.2) is 11.7 Å². The number of aromatic nitrogens is 1. The fraction of sp³-hybridized carbons (Fsp3) is 0.250. The molecule has 0 fully saturated rings. The van der Waals surface area contributed by atoms with E-state index in [9.17, 15) is 14.7 Å². The molecule has 0 spiro atoms. The summed E-state index contributed by atoms with van der Waals surface area (Å²) in [6.45, 7) is 0. The number of nitrogens with one attached hydrogen (secondary N) is 1. The maximum Gasteiger partial charge on any atom is 0.339 e. The molecule has 2 aromatic heterocycles. The Morgan fingerprint density at radius 3 is 2.89 bits per heavy atom. The molecule has 2 N–H and O–H groups in total. The Bertz CT molecular complexity index is 646. The number of fused-ring (bicyclic) bond motifs is 1. The highest BCUT2D eigenvalue weighted by molar-refractivity contribution is 7.17. The Morgan fingerprint density at radius 1 is 1.37 bits per heavy atom. The Labute approximate surface area is 116 Å². The van der Waals surface area contributed by atoms with Gasteiger partial charge in [-0.05, 0) is 24.8 Å². The normalized spacial score (nSPS) is 13.3. The van der Waals surface area contributed by atoms with Gasteiger partial charge in [-0.1, -0.05) is 0 Å². The molecule has 3 rings (SSSR count). The van der Waals surface area contributed by atoms with Gasteiger partial charge in [0.1, 0.15) is 9.88 Å². The summed E-state index contributed by atoms with van der Waals surface area (Å²) in [7, 11) is 0. The lowest BCUT2D eigenvalue weighted by atomic mass is 10.1. The number of thiophene rings is 1. The number of carboxylic acid groups (broad SMARTS) is 1. The van der Waals surface area contributed by atoms with E-state index in [1.54, 1.807) is 5.51 Å². The third-order valence-corrected chi connectivity index (χ3v) is 5.00. The molecule has 0 saturated heterocycles. The molecule has 0 radical (unpaired) electrons. The molecule has 7 heteroatoms. The van der Waals surface area contributed by atoms with Gasteiger partial charge in [-0.2, -0.15) is 0 Å². The quantitative estimate of drug-likeness (QED) is 0.912. The minimum Gasteiger partial charge on any atom is -0.478 e. The van der Waals surface area contributed by atoms with Gasteiger partial charge in [0.2, 0.25) is 0 Å². The molecule has 0 atom stereocenters. The Kier molecular flexibility index (Phi) is 3.08. The molecule has 2 aromatic rings. The van der Waals surface area contributed by atoms with Gasteiger partial charge in [0, 0.05) is 4.88 Å². The number of amides is 1. The Morgan fingerprint density at radius 2 is 2.21 bits per heavy atom. The summed E-state index contributed by atoms with van der Waals surface area (Å²) in [6, 6.07) is 0. The van der Waals surface area contributed by atoms with E-state index in [0.29, 0.717) is 9.88 Å². The van der Waals surface area contributed by atoms with Gasteiger partial charge >= 0.3 is 5.97 Å². The van der Waals surface area contributed by atoms with Crippen molar-refractivity contribution < 1.29 is 14.7 Å². The number of anilines is 1. The smallest absolute Gasteiger partial charge is 0.339 e. The highest BCUT2D eigenvalue weighted by Gasteiger charge is 2.27. The number of aromatic carboxylic acids is 1. The van der Waals surface area contributed by atoms with Gasteiger partial charge < -0.3 is 10.4 Å². The second-order valence-electron chi connectivity index (χ2n) is 4.19. The van der Waals surface area contributed by atoms with Crippen molar-refractivity contribution in [1.82, 2.24) is 4.98 Å². The van der Waals surface area contributed by atoms with E-state index in [-0.39, 0.29) is 11.5 Å². The summed E-state index contributed by atoms with van der Waals surface area (Å²) in [5, 5.41) is 12.4. The van der Waals surface area contributed by atoms with Crippen molar-refractivity contribution >= 4 is 39.6 Å². The minimum atomic E-state index is -0.973. The van der Waals surface area contributed by atoms with Crippen LogP contribution in [0.1, 0.15) is 36.9 Å². The van der Waals surface area contributed by atoms with E-state index >= 15 is 0 Å². The fourth-order valence-electron chi connectivity index (χ4n) is 2.21. The predicted molar refractivity (Wildman–Crippen MR) is 73.4 cm³/mol. The van der Waals surface area contributed by atoms with Crippen molar-refractivity contribution in [3.8, 4) is 0 Å². The maximum absolute atomic E-state index is 11.9. The van der Waals surface area contributed by atoms with E-state index in [1.165, 1.54) is 28.9 Å². The second kappa shape index (κ2) is 4.75. The van der Waals surface area contributed by atoms with Crippen LogP contribution in [-0.4, -0.2) is 22.0 Å². The fourth-order valence-corrected chi connectivity index (χ4v) is 4.00. The number of carbonyl (C=O) groups excluding carboxylic acids is 1. The highest BCUT2D eigenvalue weighted by atomic mass is 32.1. The zero-order valence-corrected chi connectivity index (χ0v) is 11.4. The first-order valence-corrected chi connectivity index (χ1v) is 7.44. The molecular weight excluding hydrogens is 284 g/mol. The number of rotatable bonds is 3. The maximum atomic E-state index is 11.9. The standard InChI is InChI=1S/C12H10N2O3S2/c15-10(8-4-13-5-18-8)14-11-9(12(16)17)6-2-1-3-7(6)19-11/h4-5H,1-3H2,(H,14,15)(H,16,17). The second-order valence-corrected chi connectivity index (χ2v) is 6.18. The monoisotopic (exact) mass is 294 g/mol. The van der Waals surface area contributed by atoms with Crippen molar-refractivity contribution in [1.29, 1.82) is 0 Å². The van der Waals surface area contributed by atoms with E-state index in [0.717, 1.165) is 29.7 Å².